The minimum absolute atomic E-state index is 0.00118. The van der Waals surface area contributed by atoms with E-state index in [9.17, 15) is 22.4 Å². The number of amides is 1. The molecule has 162 valence electrons. The van der Waals surface area contributed by atoms with Crippen LogP contribution >= 0.6 is 23.2 Å². The van der Waals surface area contributed by atoms with Crippen LogP contribution in [0.4, 0.5) is 29.1 Å². The number of carbonyl (C=O) groups is 1. The molecule has 1 fully saturated rings. The van der Waals surface area contributed by atoms with E-state index in [0.717, 1.165) is 12.3 Å². The highest BCUT2D eigenvalue weighted by molar-refractivity contribution is 6.33. The van der Waals surface area contributed by atoms with Crippen LogP contribution in [0.5, 0.6) is 0 Å². The predicted molar refractivity (Wildman–Crippen MR) is 108 cm³/mol. The molecule has 1 N–H and O–H groups in total. The Morgan fingerprint density at radius 3 is 2.43 bits per heavy atom. The maximum Gasteiger partial charge on any atom is 0.417 e. The first-order valence-corrected chi connectivity index (χ1v) is 9.79. The number of anilines is 2. The lowest BCUT2D eigenvalue weighted by Gasteiger charge is -2.38. The summed E-state index contributed by atoms with van der Waals surface area (Å²) in [5.74, 6) is -0.717. The van der Waals surface area contributed by atoms with Crippen LogP contribution in [0.25, 0.3) is 0 Å². The van der Waals surface area contributed by atoms with E-state index in [2.05, 4.69) is 10.3 Å². The van der Waals surface area contributed by atoms with Crippen molar-refractivity contribution in [3.05, 3.63) is 51.9 Å². The van der Waals surface area contributed by atoms with E-state index in [1.165, 1.54) is 18.2 Å². The number of nitrogens with one attached hydrogen (secondary N) is 1. The Kier molecular flexibility index (Phi) is 6.74. The molecule has 1 saturated heterocycles. The van der Waals surface area contributed by atoms with Gasteiger partial charge >= 0.3 is 6.18 Å². The van der Waals surface area contributed by atoms with Gasteiger partial charge < -0.3 is 10.2 Å². The van der Waals surface area contributed by atoms with Gasteiger partial charge in [0, 0.05) is 37.4 Å². The molecule has 1 aliphatic rings. The van der Waals surface area contributed by atoms with Crippen LogP contribution < -0.4 is 10.2 Å². The Bertz CT molecular complexity index is 933. The van der Waals surface area contributed by atoms with Gasteiger partial charge in [0.1, 0.15) is 11.6 Å². The highest BCUT2D eigenvalue weighted by atomic mass is 35.5. The lowest BCUT2D eigenvalue weighted by molar-refractivity contribution is -0.137. The van der Waals surface area contributed by atoms with E-state index >= 15 is 0 Å². The molecular weight excluding hydrogens is 447 g/mol. The molecule has 0 spiro atoms. The lowest BCUT2D eigenvalue weighted by Crippen LogP contribution is -2.53. The van der Waals surface area contributed by atoms with Crippen LogP contribution in [0, 0.1) is 5.82 Å². The average molecular weight is 465 g/mol. The molecule has 1 aliphatic heterocycles. The van der Waals surface area contributed by atoms with Crippen molar-refractivity contribution in [3.63, 3.8) is 0 Å². The third-order valence-corrected chi connectivity index (χ3v) is 5.39. The normalized spacial score (nSPS) is 16.4. The van der Waals surface area contributed by atoms with Gasteiger partial charge in [-0.25, -0.2) is 9.37 Å². The number of alkyl halides is 3. The Balaban J connectivity index is 1.61. The molecule has 11 heteroatoms. The van der Waals surface area contributed by atoms with Crippen LogP contribution in [-0.4, -0.2) is 48.0 Å². The van der Waals surface area contributed by atoms with Gasteiger partial charge in [0.05, 0.1) is 22.3 Å². The van der Waals surface area contributed by atoms with Gasteiger partial charge in [-0.3, -0.25) is 9.69 Å². The standard InChI is InChI=1S/C19H18Cl2F4N4O/c1-11(18(30)27-16-9-13(20)2-3-15(16)22)28-4-6-29(7-5-28)17-14(21)8-12(10-26-17)19(23,24)25/h2-3,8-11H,4-7H2,1H3,(H,27,30). The maximum atomic E-state index is 13.8. The van der Waals surface area contributed by atoms with Gasteiger partial charge in [0.2, 0.25) is 5.91 Å². The molecule has 5 nitrogen and oxygen atoms in total. The summed E-state index contributed by atoms with van der Waals surface area (Å²) >= 11 is 11.8. The third kappa shape index (κ3) is 5.14. The van der Waals surface area contributed by atoms with Crippen molar-refractivity contribution in [3.8, 4) is 0 Å². The van der Waals surface area contributed by atoms with Crippen LogP contribution in [0.15, 0.2) is 30.5 Å². The largest absolute Gasteiger partial charge is 0.417 e. The molecule has 0 bridgehead atoms. The second-order valence-corrected chi connectivity index (χ2v) is 7.68. The van der Waals surface area contributed by atoms with Gasteiger partial charge in [-0.2, -0.15) is 13.2 Å². The zero-order valence-electron chi connectivity index (χ0n) is 15.8. The smallest absolute Gasteiger partial charge is 0.353 e. The van der Waals surface area contributed by atoms with Gasteiger partial charge in [0.25, 0.3) is 0 Å². The number of piperazine rings is 1. The minimum Gasteiger partial charge on any atom is -0.353 e. The number of benzene rings is 1. The van der Waals surface area contributed by atoms with Crippen molar-refractivity contribution in [2.75, 3.05) is 36.4 Å². The highest BCUT2D eigenvalue weighted by Crippen LogP contribution is 2.33. The molecule has 1 unspecified atom stereocenters. The molecule has 1 amide bonds. The topological polar surface area (TPSA) is 48.5 Å². The second kappa shape index (κ2) is 8.95. The fraction of sp³-hybridized carbons (Fsp3) is 0.368. The zero-order valence-corrected chi connectivity index (χ0v) is 17.3. The van der Waals surface area contributed by atoms with Crippen molar-refractivity contribution in [2.45, 2.75) is 19.1 Å². The van der Waals surface area contributed by atoms with Crippen molar-refractivity contribution in [2.24, 2.45) is 0 Å². The van der Waals surface area contributed by atoms with Crippen LogP contribution in [-0.2, 0) is 11.0 Å². The summed E-state index contributed by atoms with van der Waals surface area (Å²) < 4.78 is 52.2. The molecule has 30 heavy (non-hydrogen) atoms. The zero-order chi connectivity index (χ0) is 22.1. The van der Waals surface area contributed by atoms with E-state index in [4.69, 9.17) is 23.2 Å². The number of halogens is 6. The number of carbonyl (C=O) groups excluding carboxylic acids is 1. The van der Waals surface area contributed by atoms with E-state index < -0.39 is 29.5 Å². The van der Waals surface area contributed by atoms with E-state index in [-0.39, 0.29) is 16.5 Å². The highest BCUT2D eigenvalue weighted by Gasteiger charge is 2.33. The Labute approximate surface area is 180 Å². The first-order chi connectivity index (χ1) is 14.1. The maximum absolute atomic E-state index is 13.8. The number of rotatable bonds is 4. The van der Waals surface area contributed by atoms with Crippen molar-refractivity contribution >= 4 is 40.6 Å². The molecule has 1 aromatic carbocycles. The fourth-order valence-electron chi connectivity index (χ4n) is 3.14. The molecule has 1 aromatic heterocycles. The summed E-state index contributed by atoms with van der Waals surface area (Å²) in [5, 5.41) is 2.74. The monoisotopic (exact) mass is 464 g/mol. The van der Waals surface area contributed by atoms with Gasteiger partial charge in [0.15, 0.2) is 0 Å². The Hall–Kier alpha value is -2.10. The Morgan fingerprint density at radius 1 is 1.17 bits per heavy atom. The summed E-state index contributed by atoms with van der Waals surface area (Å²) in [4.78, 5) is 20.0. The lowest BCUT2D eigenvalue weighted by atomic mass is 10.2. The van der Waals surface area contributed by atoms with Gasteiger partial charge in [-0.1, -0.05) is 23.2 Å². The van der Waals surface area contributed by atoms with Gasteiger partial charge in [-0.15, -0.1) is 0 Å². The minimum atomic E-state index is -4.51. The molecular formula is C19H18Cl2F4N4O. The molecule has 0 saturated carbocycles. The number of nitrogens with zero attached hydrogens (tertiary/aromatic N) is 3. The SMILES string of the molecule is CC(C(=O)Nc1cc(Cl)ccc1F)N1CCN(c2ncc(C(F)(F)F)cc2Cl)CC1. The molecule has 0 aliphatic carbocycles. The molecule has 0 radical (unpaired) electrons. The van der Waals surface area contributed by atoms with Crippen LogP contribution in [0.1, 0.15) is 12.5 Å². The fourth-order valence-corrected chi connectivity index (χ4v) is 3.59. The predicted octanol–water partition coefficient (Wildman–Crippen LogP) is 4.70. The summed E-state index contributed by atoms with van der Waals surface area (Å²) in [5.41, 5.74) is -0.910. The number of pyridine rings is 1. The Morgan fingerprint density at radius 2 is 1.83 bits per heavy atom. The molecule has 2 heterocycles. The second-order valence-electron chi connectivity index (χ2n) is 6.84. The van der Waals surface area contributed by atoms with Crippen molar-refractivity contribution in [1.82, 2.24) is 9.88 Å². The summed E-state index contributed by atoms with van der Waals surface area (Å²) in [6.07, 6.45) is -3.76. The quantitative estimate of drug-likeness (QED) is 0.666. The number of hydrogen-bond donors (Lipinski definition) is 1. The summed E-state index contributed by atoms with van der Waals surface area (Å²) in [6.45, 7) is 3.43. The summed E-state index contributed by atoms with van der Waals surface area (Å²) in [6, 6.07) is 4.18. The first kappa shape index (κ1) is 22.6. The van der Waals surface area contributed by atoms with Crippen molar-refractivity contribution in [1.29, 1.82) is 0 Å². The summed E-state index contributed by atoms with van der Waals surface area (Å²) in [7, 11) is 0. The molecule has 2 aromatic rings. The third-order valence-electron chi connectivity index (χ3n) is 4.88. The molecule has 1 atom stereocenters. The number of aromatic nitrogens is 1. The van der Waals surface area contributed by atoms with Crippen molar-refractivity contribution < 1.29 is 22.4 Å². The average Bonchev–Trinajstić information content (AvgIpc) is 2.69. The van der Waals surface area contributed by atoms with E-state index in [1.807, 2.05) is 4.90 Å². The van der Waals surface area contributed by atoms with Crippen LogP contribution in [0.2, 0.25) is 10.0 Å². The molecule has 3 rings (SSSR count). The van der Waals surface area contributed by atoms with Crippen LogP contribution in [0.3, 0.4) is 0 Å². The van der Waals surface area contributed by atoms with E-state index in [1.54, 1.807) is 11.8 Å². The number of hydrogen-bond acceptors (Lipinski definition) is 4. The first-order valence-electron chi connectivity index (χ1n) is 9.04. The van der Waals surface area contributed by atoms with E-state index in [0.29, 0.717) is 31.2 Å². The van der Waals surface area contributed by atoms with Gasteiger partial charge in [-0.05, 0) is 31.2 Å².